The second kappa shape index (κ2) is 5.81. The Morgan fingerprint density at radius 2 is 2.13 bits per heavy atom. The van der Waals surface area contributed by atoms with Crippen LogP contribution in [0, 0.1) is 0 Å². The topological polar surface area (TPSA) is 43.6 Å². The number of rotatable bonds is 4. The van der Waals surface area contributed by atoms with Gasteiger partial charge in [0.2, 0.25) is 0 Å². The lowest BCUT2D eigenvalue weighted by molar-refractivity contribution is 0.111. The van der Waals surface area contributed by atoms with Gasteiger partial charge in [-0.2, -0.15) is 0 Å². The highest BCUT2D eigenvalue weighted by Gasteiger charge is 2.21. The average molecular weight is 328 g/mol. The molecule has 0 amide bonds. The molecule has 2 aromatic heterocycles. The van der Waals surface area contributed by atoms with Crippen LogP contribution in [0.2, 0.25) is 0 Å². The van der Waals surface area contributed by atoms with Gasteiger partial charge < -0.3 is 4.74 Å². The number of thiazole rings is 1. The number of ether oxygens (including phenoxy) is 1. The smallest absolute Gasteiger partial charge is 0.194 e. The zero-order valence-corrected chi connectivity index (χ0v) is 14.6. The minimum absolute atomic E-state index is 0.0119. The van der Waals surface area contributed by atoms with Crippen molar-refractivity contribution in [1.29, 1.82) is 0 Å². The largest absolute Gasteiger partial charge is 0.493 e. The normalized spacial score (nSPS) is 11.8. The summed E-state index contributed by atoms with van der Waals surface area (Å²) < 4.78 is 7.60. The molecule has 0 aliphatic carbocycles. The van der Waals surface area contributed by atoms with Gasteiger partial charge in [-0.3, -0.25) is 9.20 Å². The highest BCUT2D eigenvalue weighted by atomic mass is 32.1. The Balaban J connectivity index is 2.26. The van der Waals surface area contributed by atoms with Crippen molar-refractivity contribution < 1.29 is 9.53 Å². The Labute approximate surface area is 139 Å². The van der Waals surface area contributed by atoms with Gasteiger partial charge >= 0.3 is 0 Å². The Hall–Kier alpha value is -2.14. The van der Waals surface area contributed by atoms with Crippen LogP contribution < -0.4 is 4.74 Å². The molecular weight excluding hydrogens is 308 g/mol. The van der Waals surface area contributed by atoms with Crippen molar-refractivity contribution in [3.8, 4) is 17.0 Å². The third-order valence-corrected chi connectivity index (χ3v) is 4.57. The summed E-state index contributed by atoms with van der Waals surface area (Å²) >= 11 is 1.51. The van der Waals surface area contributed by atoms with Crippen LogP contribution in [-0.4, -0.2) is 22.3 Å². The van der Waals surface area contributed by atoms with Crippen molar-refractivity contribution in [3.05, 3.63) is 41.0 Å². The number of imidazole rings is 1. The predicted octanol–water partition coefficient (Wildman–Crippen LogP) is 4.57. The molecule has 0 bridgehead atoms. The molecule has 0 saturated carbocycles. The number of fused-ring (bicyclic) bond motifs is 1. The minimum atomic E-state index is 0.0119. The second-order valence-corrected chi connectivity index (χ2v) is 7.29. The van der Waals surface area contributed by atoms with Crippen LogP contribution in [0.4, 0.5) is 0 Å². The maximum absolute atomic E-state index is 11.6. The van der Waals surface area contributed by atoms with E-state index in [0.717, 1.165) is 22.6 Å². The molecule has 0 saturated heterocycles. The molecule has 0 aliphatic heterocycles. The molecule has 4 nitrogen and oxygen atoms in total. The summed E-state index contributed by atoms with van der Waals surface area (Å²) in [6.45, 7) is 9.02. The zero-order valence-electron chi connectivity index (χ0n) is 13.8. The fourth-order valence-corrected chi connectivity index (χ4v) is 3.30. The first-order chi connectivity index (χ1) is 11.0. The lowest BCUT2D eigenvalue weighted by Gasteiger charge is -2.21. The Morgan fingerprint density at radius 3 is 2.78 bits per heavy atom. The molecule has 3 aromatic rings. The van der Waals surface area contributed by atoms with Crippen molar-refractivity contribution in [2.24, 2.45) is 0 Å². The highest BCUT2D eigenvalue weighted by molar-refractivity contribution is 7.15. The molecule has 1 aromatic carbocycles. The third-order valence-electron chi connectivity index (χ3n) is 3.81. The number of carbonyl (C=O) groups is 1. The van der Waals surface area contributed by atoms with E-state index >= 15 is 0 Å². The Morgan fingerprint density at radius 1 is 1.35 bits per heavy atom. The molecule has 120 valence electrons. The predicted molar refractivity (Wildman–Crippen MR) is 93.8 cm³/mol. The number of aromatic nitrogens is 2. The molecular formula is C18H20N2O2S. The monoisotopic (exact) mass is 328 g/mol. The summed E-state index contributed by atoms with van der Waals surface area (Å²) in [5, 5.41) is 1.92. The van der Waals surface area contributed by atoms with E-state index in [-0.39, 0.29) is 5.41 Å². The minimum Gasteiger partial charge on any atom is -0.493 e. The number of hydrogen-bond donors (Lipinski definition) is 0. The molecule has 2 heterocycles. The van der Waals surface area contributed by atoms with E-state index in [0.29, 0.717) is 18.0 Å². The van der Waals surface area contributed by atoms with Crippen molar-refractivity contribution in [2.75, 3.05) is 6.61 Å². The first-order valence-electron chi connectivity index (χ1n) is 7.64. The van der Waals surface area contributed by atoms with Gasteiger partial charge in [-0.15, -0.1) is 11.3 Å². The Bertz CT molecular complexity index is 856. The number of carbonyl (C=O) groups excluding carboxylic acids is 1. The van der Waals surface area contributed by atoms with E-state index in [1.165, 1.54) is 16.9 Å². The van der Waals surface area contributed by atoms with Crippen molar-refractivity contribution in [3.63, 3.8) is 0 Å². The average Bonchev–Trinajstić information content (AvgIpc) is 3.07. The van der Waals surface area contributed by atoms with Crippen LogP contribution in [0.5, 0.6) is 5.75 Å². The molecule has 0 aliphatic rings. The van der Waals surface area contributed by atoms with Crippen LogP contribution >= 0.6 is 11.3 Å². The molecule has 23 heavy (non-hydrogen) atoms. The van der Waals surface area contributed by atoms with Crippen molar-refractivity contribution >= 4 is 22.6 Å². The quantitative estimate of drug-likeness (QED) is 0.659. The summed E-state index contributed by atoms with van der Waals surface area (Å²) in [6, 6.07) is 6.14. The standard InChI is InChI=1S/C18H20N2O2S/c1-5-22-15-7-6-12(18(2,3)4)10-13(15)16-14(11-21)20-8-9-23-17(20)19-16/h6-11H,5H2,1-4H3. The van der Waals surface area contributed by atoms with E-state index in [4.69, 9.17) is 4.74 Å². The van der Waals surface area contributed by atoms with Gasteiger partial charge in [-0.1, -0.05) is 26.8 Å². The molecule has 0 atom stereocenters. The number of hydrogen-bond acceptors (Lipinski definition) is 4. The van der Waals surface area contributed by atoms with Gasteiger partial charge in [-0.25, -0.2) is 4.98 Å². The van der Waals surface area contributed by atoms with Gasteiger partial charge in [0.1, 0.15) is 17.1 Å². The number of nitrogens with zero attached hydrogens (tertiary/aromatic N) is 2. The summed E-state index contributed by atoms with van der Waals surface area (Å²) in [5.41, 5.74) is 3.31. The summed E-state index contributed by atoms with van der Waals surface area (Å²) in [6.07, 6.45) is 2.73. The fraction of sp³-hybridized carbons (Fsp3) is 0.333. The molecule has 0 spiro atoms. The van der Waals surface area contributed by atoms with Crippen LogP contribution in [0.15, 0.2) is 29.8 Å². The molecule has 0 N–H and O–H groups in total. The van der Waals surface area contributed by atoms with Crippen LogP contribution in [0.25, 0.3) is 16.2 Å². The summed E-state index contributed by atoms with van der Waals surface area (Å²) in [5.74, 6) is 0.759. The van der Waals surface area contributed by atoms with Gasteiger partial charge in [0.25, 0.3) is 0 Å². The summed E-state index contributed by atoms with van der Waals surface area (Å²) in [7, 11) is 0. The molecule has 0 fully saturated rings. The van der Waals surface area contributed by atoms with E-state index < -0.39 is 0 Å². The van der Waals surface area contributed by atoms with Crippen LogP contribution in [0.3, 0.4) is 0 Å². The second-order valence-electron chi connectivity index (χ2n) is 6.41. The summed E-state index contributed by atoms with van der Waals surface area (Å²) in [4.78, 5) is 17.1. The molecule has 3 rings (SSSR count). The van der Waals surface area contributed by atoms with E-state index in [9.17, 15) is 4.79 Å². The molecule has 5 heteroatoms. The highest BCUT2D eigenvalue weighted by Crippen LogP contribution is 2.36. The first kappa shape index (κ1) is 15.7. The van der Waals surface area contributed by atoms with E-state index in [1.807, 2.05) is 29.0 Å². The van der Waals surface area contributed by atoms with Crippen LogP contribution in [0.1, 0.15) is 43.7 Å². The molecule has 0 unspecified atom stereocenters. The van der Waals surface area contributed by atoms with Gasteiger partial charge in [-0.05, 0) is 30.0 Å². The van der Waals surface area contributed by atoms with E-state index in [1.54, 1.807) is 0 Å². The van der Waals surface area contributed by atoms with Crippen molar-refractivity contribution in [1.82, 2.24) is 9.38 Å². The van der Waals surface area contributed by atoms with E-state index in [2.05, 4.69) is 37.9 Å². The maximum atomic E-state index is 11.6. The number of aldehydes is 1. The lowest BCUT2D eigenvalue weighted by atomic mass is 9.85. The van der Waals surface area contributed by atoms with Crippen LogP contribution in [-0.2, 0) is 5.41 Å². The van der Waals surface area contributed by atoms with Gasteiger partial charge in [0.15, 0.2) is 11.2 Å². The van der Waals surface area contributed by atoms with Gasteiger partial charge in [0.05, 0.1) is 6.61 Å². The van der Waals surface area contributed by atoms with Gasteiger partial charge in [0, 0.05) is 17.1 Å². The maximum Gasteiger partial charge on any atom is 0.194 e. The Kier molecular flexibility index (Phi) is 3.98. The molecule has 0 radical (unpaired) electrons. The SMILES string of the molecule is CCOc1ccc(C(C)(C)C)cc1-c1nc2sccn2c1C=O. The number of benzene rings is 1. The fourth-order valence-electron chi connectivity index (χ4n) is 2.58. The lowest BCUT2D eigenvalue weighted by Crippen LogP contribution is -2.11. The zero-order chi connectivity index (χ0) is 16.6. The third kappa shape index (κ3) is 2.77. The van der Waals surface area contributed by atoms with Crippen molar-refractivity contribution in [2.45, 2.75) is 33.1 Å². The first-order valence-corrected chi connectivity index (χ1v) is 8.52.